The van der Waals surface area contributed by atoms with E-state index in [9.17, 15) is 4.79 Å². The topological polar surface area (TPSA) is 37.3 Å². The molecule has 0 atom stereocenters. The Bertz CT molecular complexity index is 290. The maximum absolute atomic E-state index is 10.4. The molecule has 12 heavy (non-hydrogen) atoms. The van der Waals surface area contributed by atoms with E-state index in [1.807, 2.05) is 0 Å². The van der Waals surface area contributed by atoms with Crippen molar-refractivity contribution in [3.8, 4) is 0 Å². The number of benzene rings is 1. The van der Waals surface area contributed by atoms with E-state index in [4.69, 9.17) is 5.11 Å². The van der Waals surface area contributed by atoms with Gasteiger partial charge in [-0.15, -0.1) is 0 Å². The number of hydrogen-bond acceptors (Lipinski definition) is 1. The van der Waals surface area contributed by atoms with Crippen LogP contribution in [0.25, 0.3) is 0 Å². The van der Waals surface area contributed by atoms with Gasteiger partial charge in [0.15, 0.2) is 0 Å². The molecule has 0 saturated carbocycles. The average Bonchev–Trinajstić information content (AvgIpc) is 1.81. The molecule has 0 unspecified atom stereocenters. The molecule has 0 aliphatic carbocycles. The predicted molar refractivity (Wildman–Crippen MR) is 52.0 cm³/mol. The lowest BCUT2D eigenvalue weighted by atomic mass is 10.2. The molecule has 1 aromatic carbocycles. The summed E-state index contributed by atoms with van der Waals surface area (Å²) >= 11 is 6.45. The van der Waals surface area contributed by atoms with E-state index < -0.39 is 5.97 Å². The Morgan fingerprint density at radius 2 is 1.92 bits per heavy atom. The lowest BCUT2D eigenvalue weighted by Crippen LogP contribution is -1.99. The minimum atomic E-state index is -0.833. The van der Waals surface area contributed by atoms with Crippen LogP contribution in [0.3, 0.4) is 0 Å². The highest BCUT2D eigenvalue weighted by Crippen LogP contribution is 2.19. The number of carboxylic acids is 1. The lowest BCUT2D eigenvalue weighted by molar-refractivity contribution is -0.136. The predicted octanol–water partition coefficient (Wildman–Crippen LogP) is 2.64. The standard InChI is InChI=1S/C8H5Br2O2/c9-6-1-5(3-8(11)12)2-7(10)4-6/h1-2H,3H2,(H,11,12). The van der Waals surface area contributed by atoms with Crippen LogP contribution in [-0.4, -0.2) is 11.1 Å². The number of halogens is 2. The molecule has 1 radical (unpaired) electrons. The van der Waals surface area contributed by atoms with Crippen LogP contribution in [0, 0.1) is 6.07 Å². The van der Waals surface area contributed by atoms with Crippen molar-refractivity contribution in [3.05, 3.63) is 32.7 Å². The van der Waals surface area contributed by atoms with E-state index in [2.05, 4.69) is 37.9 Å². The Morgan fingerprint density at radius 3 is 2.33 bits per heavy atom. The first-order chi connectivity index (χ1) is 5.58. The third kappa shape index (κ3) is 2.95. The highest BCUT2D eigenvalue weighted by atomic mass is 79.9. The molecule has 2 nitrogen and oxygen atoms in total. The number of aliphatic carboxylic acids is 1. The zero-order chi connectivity index (χ0) is 9.14. The molecule has 0 aliphatic heterocycles. The van der Waals surface area contributed by atoms with Crippen molar-refractivity contribution < 1.29 is 9.90 Å². The Morgan fingerprint density at radius 1 is 1.42 bits per heavy atom. The summed E-state index contributed by atoms with van der Waals surface area (Å²) in [4.78, 5) is 10.4. The Labute approximate surface area is 86.9 Å². The van der Waals surface area contributed by atoms with E-state index in [1.54, 1.807) is 12.1 Å². The maximum atomic E-state index is 10.4. The van der Waals surface area contributed by atoms with E-state index in [1.165, 1.54) is 0 Å². The molecule has 0 amide bonds. The molecule has 1 aromatic rings. The van der Waals surface area contributed by atoms with E-state index in [0.717, 1.165) is 14.5 Å². The minimum absolute atomic E-state index is 0.0336. The van der Waals surface area contributed by atoms with Crippen LogP contribution < -0.4 is 0 Å². The summed E-state index contributed by atoms with van der Waals surface area (Å²) < 4.78 is 1.52. The Balaban J connectivity index is 2.93. The fraction of sp³-hybridized carbons (Fsp3) is 0.125. The van der Waals surface area contributed by atoms with Gasteiger partial charge in [0.1, 0.15) is 0 Å². The van der Waals surface area contributed by atoms with Gasteiger partial charge in [-0.3, -0.25) is 4.79 Å². The van der Waals surface area contributed by atoms with Gasteiger partial charge < -0.3 is 5.11 Å². The van der Waals surface area contributed by atoms with Gasteiger partial charge in [-0.25, -0.2) is 0 Å². The van der Waals surface area contributed by atoms with E-state index in [-0.39, 0.29) is 6.42 Å². The van der Waals surface area contributed by atoms with E-state index >= 15 is 0 Å². The van der Waals surface area contributed by atoms with Crippen molar-refractivity contribution in [2.24, 2.45) is 0 Å². The quantitative estimate of drug-likeness (QED) is 0.910. The van der Waals surface area contributed by atoms with Crippen LogP contribution in [0.1, 0.15) is 5.56 Å². The second kappa shape index (κ2) is 4.05. The SMILES string of the molecule is O=C(O)Cc1cc(Br)[c]c(Br)c1. The highest BCUT2D eigenvalue weighted by Gasteiger charge is 2.02. The zero-order valence-electron chi connectivity index (χ0n) is 5.97. The average molecular weight is 293 g/mol. The number of rotatable bonds is 2. The lowest BCUT2D eigenvalue weighted by Gasteiger charge is -1.98. The first-order valence-electron chi connectivity index (χ1n) is 3.17. The summed E-state index contributed by atoms with van der Waals surface area (Å²) in [5, 5.41) is 8.51. The highest BCUT2D eigenvalue weighted by molar-refractivity contribution is 9.11. The van der Waals surface area contributed by atoms with Crippen LogP contribution in [-0.2, 0) is 11.2 Å². The van der Waals surface area contributed by atoms with Gasteiger partial charge in [0.25, 0.3) is 0 Å². The van der Waals surface area contributed by atoms with Crippen molar-refractivity contribution in [2.75, 3.05) is 0 Å². The van der Waals surface area contributed by atoms with Gasteiger partial charge in [0.05, 0.1) is 6.42 Å². The molecule has 0 heterocycles. The molecule has 0 saturated heterocycles. The zero-order valence-corrected chi connectivity index (χ0v) is 9.15. The molecule has 0 aromatic heterocycles. The van der Waals surface area contributed by atoms with Gasteiger partial charge >= 0.3 is 5.97 Å². The van der Waals surface area contributed by atoms with Crippen LogP contribution in [0.5, 0.6) is 0 Å². The van der Waals surface area contributed by atoms with Crippen LogP contribution in [0.2, 0.25) is 0 Å². The van der Waals surface area contributed by atoms with Crippen molar-refractivity contribution in [1.82, 2.24) is 0 Å². The summed E-state index contributed by atoms with van der Waals surface area (Å²) in [6.45, 7) is 0. The van der Waals surface area contributed by atoms with Gasteiger partial charge in [0.2, 0.25) is 0 Å². The normalized spacial score (nSPS) is 9.83. The van der Waals surface area contributed by atoms with Crippen molar-refractivity contribution in [2.45, 2.75) is 6.42 Å². The molecule has 4 heteroatoms. The summed E-state index contributed by atoms with van der Waals surface area (Å²) in [6.07, 6.45) is 0.0336. The second-order valence-corrected chi connectivity index (χ2v) is 3.96. The van der Waals surface area contributed by atoms with E-state index in [0.29, 0.717) is 0 Å². The van der Waals surface area contributed by atoms with Crippen molar-refractivity contribution in [1.29, 1.82) is 0 Å². The maximum Gasteiger partial charge on any atom is 0.307 e. The third-order valence-corrected chi connectivity index (χ3v) is 2.07. The molecule has 1 rings (SSSR count). The first-order valence-corrected chi connectivity index (χ1v) is 4.75. The van der Waals surface area contributed by atoms with Crippen molar-refractivity contribution in [3.63, 3.8) is 0 Å². The molecule has 0 aliphatic rings. The number of hydrogen-bond donors (Lipinski definition) is 1. The molecule has 63 valence electrons. The summed E-state index contributed by atoms with van der Waals surface area (Å²) in [7, 11) is 0. The second-order valence-electron chi connectivity index (χ2n) is 2.25. The fourth-order valence-corrected chi connectivity index (χ4v) is 2.11. The number of carboxylic acid groups (broad SMARTS) is 1. The third-order valence-electron chi connectivity index (χ3n) is 1.22. The largest absolute Gasteiger partial charge is 0.481 e. The van der Waals surface area contributed by atoms with Gasteiger partial charge in [0, 0.05) is 15.0 Å². The molecule has 1 N–H and O–H groups in total. The van der Waals surface area contributed by atoms with Crippen LogP contribution >= 0.6 is 31.9 Å². The summed E-state index contributed by atoms with van der Waals surface area (Å²) in [5.41, 5.74) is 0.750. The molecule has 0 bridgehead atoms. The monoisotopic (exact) mass is 291 g/mol. The Hall–Kier alpha value is -0.350. The molecular weight excluding hydrogens is 288 g/mol. The number of carbonyl (C=O) groups is 1. The van der Waals surface area contributed by atoms with Crippen LogP contribution in [0.15, 0.2) is 21.1 Å². The fourth-order valence-electron chi connectivity index (χ4n) is 0.830. The minimum Gasteiger partial charge on any atom is -0.481 e. The van der Waals surface area contributed by atoms with Crippen LogP contribution in [0.4, 0.5) is 0 Å². The van der Waals surface area contributed by atoms with Gasteiger partial charge in [-0.2, -0.15) is 0 Å². The molecule has 0 spiro atoms. The molecule has 0 fully saturated rings. The smallest absolute Gasteiger partial charge is 0.307 e. The van der Waals surface area contributed by atoms with Crippen molar-refractivity contribution >= 4 is 37.8 Å². The molecular formula is C8H5Br2O2. The Kier molecular flexibility index (Phi) is 3.29. The summed E-state index contributed by atoms with van der Waals surface area (Å²) in [5.74, 6) is -0.833. The van der Waals surface area contributed by atoms with Gasteiger partial charge in [-0.1, -0.05) is 31.9 Å². The summed E-state index contributed by atoms with van der Waals surface area (Å²) in [6, 6.07) is 6.39. The van der Waals surface area contributed by atoms with Gasteiger partial charge in [-0.05, 0) is 17.7 Å². The first kappa shape index (κ1) is 9.74.